The zero-order valence-corrected chi connectivity index (χ0v) is 12.0. The van der Waals surface area contributed by atoms with Crippen molar-refractivity contribution in [3.05, 3.63) is 35.3 Å². The average molecular weight is 245 g/mol. The molecule has 0 bridgehead atoms. The quantitative estimate of drug-likeness (QED) is 0.884. The van der Waals surface area contributed by atoms with Crippen LogP contribution in [0.3, 0.4) is 0 Å². The highest BCUT2D eigenvalue weighted by Crippen LogP contribution is 2.30. The minimum absolute atomic E-state index is 0.0404. The Morgan fingerprint density at radius 3 is 2.56 bits per heavy atom. The number of hydrogen-bond donors (Lipinski definition) is 1. The van der Waals surface area contributed by atoms with Gasteiger partial charge in [-0.2, -0.15) is 0 Å². The monoisotopic (exact) mass is 245 g/mol. The second kappa shape index (κ2) is 4.39. The van der Waals surface area contributed by atoms with E-state index in [1.807, 2.05) is 0 Å². The van der Waals surface area contributed by atoms with E-state index in [-0.39, 0.29) is 5.41 Å². The lowest BCUT2D eigenvalue weighted by Crippen LogP contribution is -2.19. The van der Waals surface area contributed by atoms with Gasteiger partial charge in [-0.3, -0.25) is 0 Å². The molecule has 0 aliphatic rings. The minimum atomic E-state index is 0.0404. The Labute approximate surface area is 109 Å². The van der Waals surface area contributed by atoms with Crippen LogP contribution in [0.15, 0.2) is 18.3 Å². The molecule has 2 N–H and O–H groups in total. The summed E-state index contributed by atoms with van der Waals surface area (Å²) >= 11 is 0. The third-order valence-corrected chi connectivity index (χ3v) is 3.33. The number of fused-ring (bicyclic) bond motifs is 1. The summed E-state index contributed by atoms with van der Waals surface area (Å²) in [6.07, 6.45) is 2.15. The maximum atomic E-state index is 5.86. The molecule has 0 aromatic carbocycles. The van der Waals surface area contributed by atoms with Crippen molar-refractivity contribution in [3.63, 3.8) is 0 Å². The van der Waals surface area contributed by atoms with Gasteiger partial charge in [-0.15, -0.1) is 0 Å². The lowest BCUT2D eigenvalue weighted by Gasteiger charge is -2.20. The molecule has 0 radical (unpaired) electrons. The van der Waals surface area contributed by atoms with Gasteiger partial charge >= 0.3 is 0 Å². The Morgan fingerprint density at radius 2 is 2.00 bits per heavy atom. The lowest BCUT2D eigenvalue weighted by atomic mass is 9.87. The second-order valence-corrected chi connectivity index (χ2v) is 6.17. The van der Waals surface area contributed by atoms with Crippen LogP contribution in [0.4, 0.5) is 0 Å². The average Bonchev–Trinajstić information content (AvgIpc) is 2.66. The van der Waals surface area contributed by atoms with Crippen LogP contribution in [0.5, 0.6) is 0 Å². The maximum Gasteiger partial charge on any atom is 0.137 e. The van der Waals surface area contributed by atoms with Gasteiger partial charge in [0, 0.05) is 24.1 Å². The van der Waals surface area contributed by atoms with Crippen molar-refractivity contribution in [2.45, 2.75) is 46.0 Å². The van der Waals surface area contributed by atoms with Crippen LogP contribution in [-0.4, -0.2) is 15.9 Å². The first-order chi connectivity index (χ1) is 8.34. The minimum Gasteiger partial charge on any atom is -0.330 e. The van der Waals surface area contributed by atoms with Crippen LogP contribution in [-0.2, 0) is 5.41 Å². The maximum absolute atomic E-state index is 5.86. The highest BCUT2D eigenvalue weighted by molar-refractivity contribution is 5.47. The third kappa shape index (κ3) is 2.15. The molecule has 0 spiro atoms. The van der Waals surface area contributed by atoms with E-state index < -0.39 is 0 Å². The molecular formula is C15H23N3. The normalized spacial score (nSPS) is 14.1. The lowest BCUT2D eigenvalue weighted by molar-refractivity contribution is 0.554. The molecule has 1 unspecified atom stereocenters. The van der Waals surface area contributed by atoms with Crippen LogP contribution in [0.1, 0.15) is 50.6 Å². The highest BCUT2D eigenvalue weighted by Gasteiger charge is 2.26. The van der Waals surface area contributed by atoms with Gasteiger partial charge in [0.1, 0.15) is 5.65 Å². The van der Waals surface area contributed by atoms with Crippen molar-refractivity contribution in [1.82, 2.24) is 9.38 Å². The zero-order valence-electron chi connectivity index (χ0n) is 12.0. The van der Waals surface area contributed by atoms with E-state index in [9.17, 15) is 0 Å². The summed E-state index contributed by atoms with van der Waals surface area (Å²) in [5, 5.41) is 0. The third-order valence-electron chi connectivity index (χ3n) is 3.33. The molecule has 0 aliphatic carbocycles. The van der Waals surface area contributed by atoms with Gasteiger partial charge in [0.25, 0.3) is 0 Å². The molecule has 2 heterocycles. The van der Waals surface area contributed by atoms with Crippen LogP contribution in [0, 0.1) is 6.92 Å². The topological polar surface area (TPSA) is 43.3 Å². The fourth-order valence-corrected chi connectivity index (χ4v) is 2.30. The molecule has 18 heavy (non-hydrogen) atoms. The molecule has 0 saturated heterocycles. The molecule has 98 valence electrons. The van der Waals surface area contributed by atoms with Crippen molar-refractivity contribution in [3.8, 4) is 0 Å². The summed E-state index contributed by atoms with van der Waals surface area (Å²) < 4.78 is 2.20. The number of nitrogens with zero attached hydrogens (tertiary/aromatic N) is 2. The number of aromatic nitrogens is 2. The molecule has 0 amide bonds. The van der Waals surface area contributed by atoms with E-state index in [1.54, 1.807) is 0 Å². The number of pyridine rings is 1. The summed E-state index contributed by atoms with van der Waals surface area (Å²) in [4.78, 5) is 4.80. The van der Waals surface area contributed by atoms with Gasteiger partial charge in [0.15, 0.2) is 0 Å². The Bertz CT molecular complexity index is 561. The molecule has 2 rings (SSSR count). The molecule has 0 fully saturated rings. The molecule has 3 nitrogen and oxygen atoms in total. The molecule has 1 atom stereocenters. The number of nitrogens with two attached hydrogens (primary N) is 1. The van der Waals surface area contributed by atoms with E-state index in [1.165, 1.54) is 11.3 Å². The summed E-state index contributed by atoms with van der Waals surface area (Å²) in [6, 6.07) is 4.18. The molecule has 2 aromatic rings. The molecule has 2 aromatic heterocycles. The van der Waals surface area contributed by atoms with Crippen LogP contribution >= 0.6 is 0 Å². The van der Waals surface area contributed by atoms with E-state index >= 15 is 0 Å². The van der Waals surface area contributed by atoms with Crippen LogP contribution in [0.25, 0.3) is 5.65 Å². The highest BCUT2D eigenvalue weighted by atomic mass is 15.0. The van der Waals surface area contributed by atoms with Gasteiger partial charge in [-0.05, 0) is 18.6 Å². The van der Waals surface area contributed by atoms with Crippen molar-refractivity contribution in [2.24, 2.45) is 5.73 Å². The number of hydrogen-bond acceptors (Lipinski definition) is 2. The van der Waals surface area contributed by atoms with Crippen molar-refractivity contribution in [1.29, 1.82) is 0 Å². The van der Waals surface area contributed by atoms with Crippen LogP contribution < -0.4 is 5.73 Å². The predicted octanol–water partition coefficient (Wildman–Crippen LogP) is 3.00. The largest absolute Gasteiger partial charge is 0.330 e. The Morgan fingerprint density at radius 1 is 1.33 bits per heavy atom. The van der Waals surface area contributed by atoms with Gasteiger partial charge in [-0.1, -0.05) is 33.8 Å². The number of aryl methyl sites for hydroxylation is 1. The first kappa shape index (κ1) is 13.1. The summed E-state index contributed by atoms with van der Waals surface area (Å²) in [5.41, 5.74) is 10.6. The summed E-state index contributed by atoms with van der Waals surface area (Å²) in [6.45, 7) is 11.5. The van der Waals surface area contributed by atoms with E-state index in [4.69, 9.17) is 10.7 Å². The number of rotatable bonds is 2. The zero-order chi connectivity index (χ0) is 13.5. The van der Waals surface area contributed by atoms with Crippen molar-refractivity contribution < 1.29 is 0 Å². The van der Waals surface area contributed by atoms with E-state index in [0.29, 0.717) is 12.5 Å². The predicted molar refractivity (Wildman–Crippen MR) is 76.1 cm³/mol. The first-order valence-corrected chi connectivity index (χ1v) is 6.53. The summed E-state index contributed by atoms with van der Waals surface area (Å²) in [5.74, 6) is 0.316. The van der Waals surface area contributed by atoms with Gasteiger partial charge < -0.3 is 10.1 Å². The fourth-order valence-electron chi connectivity index (χ4n) is 2.30. The standard InChI is InChI=1S/C15H23N3/c1-10-6-7-12-17-14(15(3,4)5)13(11(2)8-16)18(12)9-10/h6-7,9,11H,8,16H2,1-5H3. The second-order valence-electron chi connectivity index (χ2n) is 6.17. The van der Waals surface area contributed by atoms with Crippen LogP contribution in [0.2, 0.25) is 0 Å². The van der Waals surface area contributed by atoms with Crippen molar-refractivity contribution in [2.75, 3.05) is 6.54 Å². The Hall–Kier alpha value is -1.35. The molecule has 0 aliphatic heterocycles. The van der Waals surface area contributed by atoms with Crippen molar-refractivity contribution >= 4 is 5.65 Å². The Balaban J connectivity index is 2.78. The van der Waals surface area contributed by atoms with Gasteiger partial charge in [-0.25, -0.2) is 4.98 Å². The molecular weight excluding hydrogens is 222 g/mol. The van der Waals surface area contributed by atoms with E-state index in [2.05, 4.69) is 57.3 Å². The SMILES string of the molecule is Cc1ccc2nc(C(C)(C)C)c(C(C)CN)n2c1. The first-order valence-electron chi connectivity index (χ1n) is 6.53. The van der Waals surface area contributed by atoms with E-state index in [0.717, 1.165) is 11.3 Å². The Kier molecular flexibility index (Phi) is 3.20. The fraction of sp³-hybridized carbons (Fsp3) is 0.533. The smallest absolute Gasteiger partial charge is 0.137 e. The summed E-state index contributed by atoms with van der Waals surface area (Å²) in [7, 11) is 0. The molecule has 3 heteroatoms. The van der Waals surface area contributed by atoms with Gasteiger partial charge in [0.2, 0.25) is 0 Å². The number of imidazole rings is 1. The van der Waals surface area contributed by atoms with Gasteiger partial charge in [0.05, 0.1) is 11.4 Å². The molecule has 0 saturated carbocycles.